The SMILES string of the molecule is NC(=O)CCN(Cc1ccccc1)S(=O)(=O)c1ccc(Cl)cc1F. The van der Waals surface area contributed by atoms with E-state index in [9.17, 15) is 17.6 Å². The molecule has 0 heterocycles. The summed E-state index contributed by atoms with van der Waals surface area (Å²) in [4.78, 5) is 10.5. The number of primary amides is 1. The highest BCUT2D eigenvalue weighted by molar-refractivity contribution is 7.89. The lowest BCUT2D eigenvalue weighted by Crippen LogP contribution is -2.34. The Morgan fingerprint density at radius 1 is 1.17 bits per heavy atom. The van der Waals surface area contributed by atoms with E-state index < -0.39 is 26.6 Å². The van der Waals surface area contributed by atoms with Gasteiger partial charge in [0.2, 0.25) is 15.9 Å². The van der Waals surface area contributed by atoms with Crippen LogP contribution in [-0.4, -0.2) is 25.2 Å². The number of sulfonamides is 1. The lowest BCUT2D eigenvalue weighted by atomic mass is 10.2. The zero-order valence-electron chi connectivity index (χ0n) is 12.7. The highest BCUT2D eigenvalue weighted by Gasteiger charge is 2.28. The summed E-state index contributed by atoms with van der Waals surface area (Å²) >= 11 is 5.67. The molecule has 0 spiro atoms. The van der Waals surface area contributed by atoms with Crippen LogP contribution in [0, 0.1) is 5.82 Å². The van der Waals surface area contributed by atoms with E-state index in [2.05, 4.69) is 0 Å². The van der Waals surface area contributed by atoms with Gasteiger partial charge in [-0.3, -0.25) is 4.79 Å². The molecule has 24 heavy (non-hydrogen) atoms. The second-order valence-corrected chi connectivity index (χ2v) is 7.46. The maximum absolute atomic E-state index is 14.1. The maximum atomic E-state index is 14.1. The van der Waals surface area contributed by atoms with E-state index in [1.807, 2.05) is 0 Å². The first-order valence-corrected chi connectivity index (χ1v) is 8.90. The monoisotopic (exact) mass is 370 g/mol. The Morgan fingerprint density at radius 3 is 2.42 bits per heavy atom. The average Bonchev–Trinajstić information content (AvgIpc) is 2.51. The Kier molecular flexibility index (Phi) is 5.93. The van der Waals surface area contributed by atoms with Crippen LogP contribution >= 0.6 is 11.6 Å². The van der Waals surface area contributed by atoms with Gasteiger partial charge in [0.25, 0.3) is 0 Å². The summed E-state index contributed by atoms with van der Waals surface area (Å²) in [7, 11) is -4.15. The maximum Gasteiger partial charge on any atom is 0.246 e. The number of carbonyl (C=O) groups is 1. The Balaban J connectivity index is 2.38. The third-order valence-corrected chi connectivity index (χ3v) is 5.43. The van der Waals surface area contributed by atoms with E-state index in [0.717, 1.165) is 16.4 Å². The van der Waals surface area contributed by atoms with Gasteiger partial charge in [-0.2, -0.15) is 4.31 Å². The highest BCUT2D eigenvalue weighted by atomic mass is 35.5. The van der Waals surface area contributed by atoms with Crippen LogP contribution < -0.4 is 5.73 Å². The van der Waals surface area contributed by atoms with Gasteiger partial charge in [0.15, 0.2) is 0 Å². The van der Waals surface area contributed by atoms with E-state index in [1.54, 1.807) is 30.3 Å². The molecule has 0 unspecified atom stereocenters. The minimum atomic E-state index is -4.15. The van der Waals surface area contributed by atoms with Crippen molar-refractivity contribution in [1.82, 2.24) is 4.31 Å². The third-order valence-electron chi connectivity index (χ3n) is 3.32. The number of halogens is 2. The molecular formula is C16H16ClFN2O3S. The number of hydrogen-bond acceptors (Lipinski definition) is 3. The third kappa shape index (κ3) is 4.53. The summed E-state index contributed by atoms with van der Waals surface area (Å²) in [5, 5.41) is 0.0956. The van der Waals surface area contributed by atoms with Crippen molar-refractivity contribution in [3.05, 3.63) is 64.9 Å². The fraction of sp³-hybridized carbons (Fsp3) is 0.188. The van der Waals surface area contributed by atoms with Crippen LogP contribution in [0.15, 0.2) is 53.4 Å². The van der Waals surface area contributed by atoms with Gasteiger partial charge in [0.1, 0.15) is 10.7 Å². The van der Waals surface area contributed by atoms with E-state index in [4.69, 9.17) is 17.3 Å². The van der Waals surface area contributed by atoms with Crippen LogP contribution in [0.4, 0.5) is 4.39 Å². The zero-order valence-corrected chi connectivity index (χ0v) is 14.2. The summed E-state index contributed by atoms with van der Waals surface area (Å²) < 4.78 is 40.6. The minimum absolute atomic E-state index is 0.00147. The van der Waals surface area contributed by atoms with Crippen molar-refractivity contribution in [3.63, 3.8) is 0 Å². The van der Waals surface area contributed by atoms with Gasteiger partial charge in [-0.25, -0.2) is 12.8 Å². The van der Waals surface area contributed by atoms with Crippen molar-refractivity contribution in [1.29, 1.82) is 0 Å². The fourth-order valence-electron chi connectivity index (χ4n) is 2.13. The van der Waals surface area contributed by atoms with Gasteiger partial charge >= 0.3 is 0 Å². The molecule has 0 saturated carbocycles. The molecule has 0 aliphatic carbocycles. The fourth-order valence-corrected chi connectivity index (χ4v) is 3.76. The number of benzene rings is 2. The molecule has 2 aromatic rings. The van der Waals surface area contributed by atoms with Gasteiger partial charge in [-0.1, -0.05) is 41.9 Å². The molecule has 0 aliphatic heterocycles. The van der Waals surface area contributed by atoms with Gasteiger partial charge in [-0.15, -0.1) is 0 Å². The number of amides is 1. The van der Waals surface area contributed by atoms with Crippen LogP contribution in [0.2, 0.25) is 5.02 Å². The molecule has 0 bridgehead atoms. The van der Waals surface area contributed by atoms with E-state index in [1.165, 1.54) is 6.07 Å². The Labute approximate surface area is 144 Å². The standard InChI is InChI=1S/C16H16ClFN2O3S/c17-13-6-7-15(14(18)10-13)24(22,23)20(9-8-16(19)21)11-12-4-2-1-3-5-12/h1-7,10H,8-9,11H2,(H2,19,21). The average molecular weight is 371 g/mol. The molecule has 128 valence electrons. The van der Waals surface area contributed by atoms with E-state index in [0.29, 0.717) is 5.56 Å². The minimum Gasteiger partial charge on any atom is -0.370 e. The van der Waals surface area contributed by atoms with E-state index >= 15 is 0 Å². The van der Waals surface area contributed by atoms with Crippen molar-refractivity contribution in [3.8, 4) is 0 Å². The molecule has 8 heteroatoms. The molecule has 0 aliphatic rings. The normalized spacial score (nSPS) is 11.6. The second kappa shape index (κ2) is 7.74. The van der Waals surface area contributed by atoms with Gasteiger partial charge in [-0.05, 0) is 23.8 Å². The molecule has 0 radical (unpaired) electrons. The molecular weight excluding hydrogens is 355 g/mol. The topological polar surface area (TPSA) is 80.5 Å². The molecule has 5 nitrogen and oxygen atoms in total. The summed E-state index contributed by atoms with van der Waals surface area (Å²) in [6.07, 6.45) is -0.165. The smallest absolute Gasteiger partial charge is 0.246 e. The molecule has 2 aromatic carbocycles. The van der Waals surface area contributed by atoms with E-state index in [-0.39, 0.29) is 24.5 Å². The van der Waals surface area contributed by atoms with Crippen molar-refractivity contribution in [2.24, 2.45) is 5.73 Å². The molecule has 0 saturated heterocycles. The van der Waals surface area contributed by atoms with Crippen molar-refractivity contribution in [2.45, 2.75) is 17.9 Å². The van der Waals surface area contributed by atoms with Crippen LogP contribution in [0.5, 0.6) is 0 Å². The first kappa shape index (κ1) is 18.4. The molecule has 0 atom stereocenters. The number of hydrogen-bond donors (Lipinski definition) is 1. The Morgan fingerprint density at radius 2 is 1.83 bits per heavy atom. The van der Waals surface area contributed by atoms with Gasteiger partial charge in [0, 0.05) is 24.5 Å². The zero-order chi connectivity index (χ0) is 17.7. The second-order valence-electron chi connectivity index (χ2n) is 5.12. The molecule has 0 fully saturated rings. The first-order valence-electron chi connectivity index (χ1n) is 7.08. The first-order chi connectivity index (χ1) is 11.3. The summed E-state index contributed by atoms with van der Waals surface area (Å²) in [6.45, 7) is -0.146. The number of nitrogens with zero attached hydrogens (tertiary/aromatic N) is 1. The summed E-state index contributed by atoms with van der Waals surface area (Å²) in [5.41, 5.74) is 5.82. The molecule has 0 aromatic heterocycles. The molecule has 1 amide bonds. The largest absolute Gasteiger partial charge is 0.370 e. The van der Waals surface area contributed by atoms with Crippen LogP contribution in [0.3, 0.4) is 0 Å². The van der Waals surface area contributed by atoms with Crippen LogP contribution in [0.1, 0.15) is 12.0 Å². The molecule has 2 rings (SSSR count). The van der Waals surface area contributed by atoms with Crippen LogP contribution in [-0.2, 0) is 21.4 Å². The number of rotatable bonds is 7. The lowest BCUT2D eigenvalue weighted by molar-refractivity contribution is -0.118. The molecule has 2 N–H and O–H groups in total. The van der Waals surface area contributed by atoms with Crippen molar-refractivity contribution in [2.75, 3.05) is 6.54 Å². The van der Waals surface area contributed by atoms with Crippen molar-refractivity contribution >= 4 is 27.5 Å². The quantitative estimate of drug-likeness (QED) is 0.813. The predicted molar refractivity (Wildman–Crippen MR) is 89.3 cm³/mol. The lowest BCUT2D eigenvalue weighted by Gasteiger charge is -2.22. The van der Waals surface area contributed by atoms with Gasteiger partial charge in [0.05, 0.1) is 0 Å². The predicted octanol–water partition coefficient (Wildman–Crippen LogP) is 2.55. The Hall–Kier alpha value is -1.96. The summed E-state index contributed by atoms with van der Waals surface area (Å²) in [6, 6.07) is 12.1. The van der Waals surface area contributed by atoms with Crippen molar-refractivity contribution < 1.29 is 17.6 Å². The van der Waals surface area contributed by atoms with Gasteiger partial charge < -0.3 is 5.73 Å². The van der Waals surface area contributed by atoms with Crippen LogP contribution in [0.25, 0.3) is 0 Å². The number of nitrogens with two attached hydrogens (primary N) is 1. The highest BCUT2D eigenvalue weighted by Crippen LogP contribution is 2.24. The number of carbonyl (C=O) groups excluding carboxylic acids is 1. The Bertz CT molecular complexity index is 828. The summed E-state index contributed by atoms with van der Waals surface area (Å²) in [5.74, 6) is -1.58.